The Morgan fingerprint density at radius 2 is 2.11 bits per heavy atom. The van der Waals surface area contributed by atoms with Crippen molar-refractivity contribution in [3.63, 3.8) is 0 Å². The molecule has 0 aromatic carbocycles. The van der Waals surface area contributed by atoms with Crippen molar-refractivity contribution in [2.75, 3.05) is 30.7 Å². The molecular weight excluding hydrogens is 228 g/mol. The lowest BCUT2D eigenvalue weighted by atomic mass is 10.1. The molecule has 5 nitrogen and oxygen atoms in total. The van der Waals surface area contributed by atoms with Crippen LogP contribution in [-0.2, 0) is 4.79 Å². The van der Waals surface area contributed by atoms with E-state index in [1.807, 2.05) is 11.0 Å². The van der Waals surface area contributed by atoms with Gasteiger partial charge >= 0.3 is 0 Å². The van der Waals surface area contributed by atoms with Crippen molar-refractivity contribution in [1.82, 2.24) is 9.88 Å². The van der Waals surface area contributed by atoms with Crippen LogP contribution in [0.2, 0.25) is 0 Å². The van der Waals surface area contributed by atoms with Gasteiger partial charge in [0, 0.05) is 26.1 Å². The van der Waals surface area contributed by atoms with E-state index in [1.165, 1.54) is 6.42 Å². The highest BCUT2D eigenvalue weighted by molar-refractivity contribution is 5.76. The molecule has 0 bridgehead atoms. The molecule has 1 amide bonds. The number of hydrogen-bond acceptors (Lipinski definition) is 4. The summed E-state index contributed by atoms with van der Waals surface area (Å²) >= 11 is 0. The SMILES string of the molecule is Nc1ccc(NCCC(=O)N2CCCCC2)cn1. The molecule has 0 radical (unpaired) electrons. The summed E-state index contributed by atoms with van der Waals surface area (Å²) < 4.78 is 0. The topological polar surface area (TPSA) is 71.2 Å². The molecule has 5 heteroatoms. The van der Waals surface area contributed by atoms with E-state index in [4.69, 9.17) is 5.73 Å². The van der Waals surface area contributed by atoms with E-state index in [0.29, 0.717) is 18.8 Å². The van der Waals surface area contributed by atoms with Crippen LogP contribution in [0.5, 0.6) is 0 Å². The number of nitrogens with two attached hydrogens (primary N) is 1. The quantitative estimate of drug-likeness (QED) is 0.846. The highest BCUT2D eigenvalue weighted by atomic mass is 16.2. The number of likely N-dealkylation sites (tertiary alicyclic amines) is 1. The first-order valence-electron chi connectivity index (χ1n) is 6.49. The Hall–Kier alpha value is -1.78. The van der Waals surface area contributed by atoms with Gasteiger partial charge in [-0.3, -0.25) is 4.79 Å². The summed E-state index contributed by atoms with van der Waals surface area (Å²) in [4.78, 5) is 17.8. The fourth-order valence-corrected chi connectivity index (χ4v) is 2.13. The second kappa shape index (κ2) is 6.23. The van der Waals surface area contributed by atoms with Crippen LogP contribution in [0.15, 0.2) is 18.3 Å². The van der Waals surface area contributed by atoms with Crippen molar-refractivity contribution >= 4 is 17.4 Å². The summed E-state index contributed by atoms with van der Waals surface area (Å²) in [5, 5.41) is 3.18. The smallest absolute Gasteiger partial charge is 0.224 e. The second-order valence-electron chi connectivity index (χ2n) is 4.59. The minimum atomic E-state index is 0.241. The average Bonchev–Trinajstić information content (AvgIpc) is 2.42. The third kappa shape index (κ3) is 3.61. The number of piperidine rings is 1. The van der Waals surface area contributed by atoms with E-state index in [2.05, 4.69) is 10.3 Å². The van der Waals surface area contributed by atoms with Gasteiger partial charge in [0.15, 0.2) is 0 Å². The number of pyridine rings is 1. The normalized spacial score (nSPS) is 15.4. The first-order chi connectivity index (χ1) is 8.75. The molecule has 3 N–H and O–H groups in total. The summed E-state index contributed by atoms with van der Waals surface area (Å²) in [5.41, 5.74) is 6.40. The molecule has 1 aromatic heterocycles. The molecule has 1 saturated heterocycles. The summed E-state index contributed by atoms with van der Waals surface area (Å²) in [5.74, 6) is 0.746. The van der Waals surface area contributed by atoms with Gasteiger partial charge in [-0.1, -0.05) is 0 Å². The van der Waals surface area contributed by atoms with Crippen LogP contribution >= 0.6 is 0 Å². The summed E-state index contributed by atoms with van der Waals surface area (Å²) in [6.07, 6.45) is 5.74. The minimum absolute atomic E-state index is 0.241. The van der Waals surface area contributed by atoms with Crippen molar-refractivity contribution < 1.29 is 4.79 Å². The number of carbonyl (C=O) groups is 1. The first-order valence-corrected chi connectivity index (χ1v) is 6.49. The van der Waals surface area contributed by atoms with Crippen LogP contribution in [0.25, 0.3) is 0 Å². The summed E-state index contributed by atoms with van der Waals surface area (Å²) in [7, 11) is 0. The number of nitrogen functional groups attached to an aromatic ring is 1. The number of nitrogens with zero attached hydrogens (tertiary/aromatic N) is 2. The third-order valence-electron chi connectivity index (χ3n) is 3.16. The Labute approximate surface area is 107 Å². The van der Waals surface area contributed by atoms with E-state index < -0.39 is 0 Å². The lowest BCUT2D eigenvalue weighted by molar-refractivity contribution is -0.131. The predicted molar refractivity (Wildman–Crippen MR) is 72.2 cm³/mol. The zero-order chi connectivity index (χ0) is 12.8. The molecule has 0 saturated carbocycles. The van der Waals surface area contributed by atoms with Crippen molar-refractivity contribution in [2.24, 2.45) is 0 Å². The number of carbonyl (C=O) groups excluding carboxylic acids is 1. The molecule has 0 unspecified atom stereocenters. The van der Waals surface area contributed by atoms with E-state index in [1.54, 1.807) is 12.3 Å². The first kappa shape index (κ1) is 12.7. The van der Waals surface area contributed by atoms with Gasteiger partial charge in [-0.25, -0.2) is 4.98 Å². The fourth-order valence-electron chi connectivity index (χ4n) is 2.13. The van der Waals surface area contributed by atoms with Crippen molar-refractivity contribution in [3.8, 4) is 0 Å². The number of amides is 1. The van der Waals surface area contributed by atoms with Gasteiger partial charge in [-0.05, 0) is 31.4 Å². The van der Waals surface area contributed by atoms with E-state index in [9.17, 15) is 4.79 Å². The van der Waals surface area contributed by atoms with Gasteiger partial charge in [0.25, 0.3) is 0 Å². The average molecular weight is 248 g/mol. The van der Waals surface area contributed by atoms with E-state index in [-0.39, 0.29) is 5.91 Å². The largest absolute Gasteiger partial charge is 0.384 e. The van der Waals surface area contributed by atoms with Gasteiger partial charge in [0.1, 0.15) is 5.82 Å². The lowest BCUT2D eigenvalue weighted by Crippen LogP contribution is -2.36. The standard InChI is InChI=1S/C13H20N4O/c14-12-5-4-11(10-16-12)15-7-6-13(18)17-8-2-1-3-9-17/h4-5,10,15H,1-3,6-9H2,(H2,14,16). The van der Waals surface area contributed by atoms with Crippen LogP contribution in [0, 0.1) is 0 Å². The third-order valence-corrected chi connectivity index (χ3v) is 3.16. The molecule has 0 spiro atoms. The number of hydrogen-bond donors (Lipinski definition) is 2. The lowest BCUT2D eigenvalue weighted by Gasteiger charge is -2.26. The maximum absolute atomic E-state index is 11.9. The minimum Gasteiger partial charge on any atom is -0.384 e. The maximum atomic E-state index is 11.9. The highest BCUT2D eigenvalue weighted by Crippen LogP contribution is 2.10. The molecule has 1 aromatic rings. The maximum Gasteiger partial charge on any atom is 0.224 e. The molecular formula is C13H20N4O. The molecule has 1 aliphatic rings. The molecule has 0 atom stereocenters. The molecule has 2 heterocycles. The number of anilines is 2. The second-order valence-corrected chi connectivity index (χ2v) is 4.59. The van der Waals surface area contributed by atoms with E-state index >= 15 is 0 Å². The van der Waals surface area contributed by atoms with Crippen molar-refractivity contribution in [3.05, 3.63) is 18.3 Å². The molecule has 1 aliphatic heterocycles. The van der Waals surface area contributed by atoms with Crippen LogP contribution in [0.3, 0.4) is 0 Å². The van der Waals surface area contributed by atoms with Gasteiger partial charge in [-0.2, -0.15) is 0 Å². The number of nitrogens with one attached hydrogen (secondary N) is 1. The Kier molecular flexibility index (Phi) is 4.39. The Balaban J connectivity index is 1.71. The van der Waals surface area contributed by atoms with Gasteiger partial charge in [0.2, 0.25) is 5.91 Å². The predicted octanol–water partition coefficient (Wildman–Crippen LogP) is 1.48. The Morgan fingerprint density at radius 3 is 2.78 bits per heavy atom. The highest BCUT2D eigenvalue weighted by Gasteiger charge is 2.15. The summed E-state index contributed by atoms with van der Waals surface area (Å²) in [6.45, 7) is 2.48. The zero-order valence-corrected chi connectivity index (χ0v) is 10.6. The zero-order valence-electron chi connectivity index (χ0n) is 10.6. The Bertz CT molecular complexity index is 384. The van der Waals surface area contributed by atoms with Crippen molar-refractivity contribution in [2.45, 2.75) is 25.7 Å². The van der Waals surface area contributed by atoms with Gasteiger partial charge in [-0.15, -0.1) is 0 Å². The van der Waals surface area contributed by atoms with Crippen LogP contribution < -0.4 is 11.1 Å². The van der Waals surface area contributed by atoms with E-state index in [0.717, 1.165) is 31.6 Å². The van der Waals surface area contributed by atoms with Crippen molar-refractivity contribution in [1.29, 1.82) is 0 Å². The molecule has 98 valence electrons. The Morgan fingerprint density at radius 1 is 1.33 bits per heavy atom. The fraction of sp³-hybridized carbons (Fsp3) is 0.538. The van der Waals surface area contributed by atoms with Crippen LogP contribution in [-0.4, -0.2) is 35.4 Å². The molecule has 1 fully saturated rings. The number of rotatable bonds is 4. The van der Waals surface area contributed by atoms with Crippen LogP contribution in [0.1, 0.15) is 25.7 Å². The number of aromatic nitrogens is 1. The van der Waals surface area contributed by atoms with Gasteiger partial charge < -0.3 is 16.0 Å². The molecule has 0 aliphatic carbocycles. The van der Waals surface area contributed by atoms with Crippen LogP contribution in [0.4, 0.5) is 11.5 Å². The molecule has 18 heavy (non-hydrogen) atoms. The molecule has 2 rings (SSSR count). The van der Waals surface area contributed by atoms with Gasteiger partial charge in [0.05, 0.1) is 11.9 Å². The monoisotopic (exact) mass is 248 g/mol. The summed E-state index contributed by atoms with van der Waals surface area (Å²) in [6, 6.07) is 3.61.